The molecule has 0 radical (unpaired) electrons. The fourth-order valence-corrected chi connectivity index (χ4v) is 2.29. The highest BCUT2D eigenvalue weighted by Crippen LogP contribution is 2.23. The summed E-state index contributed by atoms with van der Waals surface area (Å²) in [6, 6.07) is 2.04. The topological polar surface area (TPSA) is 48.1 Å². The van der Waals surface area contributed by atoms with Gasteiger partial charge in [0.2, 0.25) is 0 Å². The van der Waals surface area contributed by atoms with Gasteiger partial charge in [-0.2, -0.15) is 0 Å². The highest BCUT2D eigenvalue weighted by atomic mass is 35.5. The van der Waals surface area contributed by atoms with Gasteiger partial charge < -0.3 is 15.2 Å². The summed E-state index contributed by atoms with van der Waals surface area (Å²) in [7, 11) is 0. The van der Waals surface area contributed by atoms with Gasteiger partial charge in [0.05, 0.1) is 5.02 Å². The molecular weight excluding hydrogens is 261 g/mol. The van der Waals surface area contributed by atoms with Crippen LogP contribution in [0.2, 0.25) is 10.2 Å². The third kappa shape index (κ3) is 2.59. The van der Waals surface area contributed by atoms with E-state index >= 15 is 0 Å². The number of amides is 1. The molecule has 2 unspecified atom stereocenters. The molecule has 4 nitrogen and oxygen atoms in total. The van der Waals surface area contributed by atoms with E-state index in [4.69, 9.17) is 23.2 Å². The molecule has 1 saturated heterocycles. The fraction of sp³-hybridized carbons (Fsp3) is 0.545. The maximum atomic E-state index is 12.3. The van der Waals surface area contributed by atoms with Gasteiger partial charge in [-0.15, -0.1) is 0 Å². The Labute approximate surface area is 110 Å². The Bertz CT molecular complexity index is 413. The highest BCUT2D eigenvalue weighted by molar-refractivity contribution is 6.41. The van der Waals surface area contributed by atoms with Crippen molar-refractivity contribution in [1.29, 1.82) is 0 Å². The van der Waals surface area contributed by atoms with Crippen molar-refractivity contribution in [2.45, 2.75) is 25.9 Å². The summed E-state index contributed by atoms with van der Waals surface area (Å²) in [6.45, 7) is 5.56. The maximum Gasteiger partial charge on any atom is 0.270 e. The first-order chi connectivity index (χ1) is 7.99. The normalized spacial score (nSPS) is 25.1. The number of aromatic amines is 1. The van der Waals surface area contributed by atoms with E-state index in [1.807, 2.05) is 11.8 Å². The molecule has 0 saturated carbocycles. The number of halogens is 2. The van der Waals surface area contributed by atoms with E-state index in [0.29, 0.717) is 28.5 Å². The minimum absolute atomic E-state index is 0.0559. The lowest BCUT2D eigenvalue weighted by molar-refractivity contribution is 0.0611. The number of carbonyl (C=O) groups excluding carboxylic acids is 1. The second kappa shape index (κ2) is 4.88. The van der Waals surface area contributed by atoms with Crippen LogP contribution in [0, 0.1) is 0 Å². The molecule has 0 aliphatic carbocycles. The Morgan fingerprint density at radius 3 is 2.76 bits per heavy atom. The largest absolute Gasteiger partial charge is 0.340 e. The first kappa shape index (κ1) is 12.7. The third-order valence-electron chi connectivity index (χ3n) is 2.98. The van der Waals surface area contributed by atoms with Crippen LogP contribution < -0.4 is 5.32 Å². The summed E-state index contributed by atoms with van der Waals surface area (Å²) in [5.74, 6) is -0.0559. The van der Waals surface area contributed by atoms with E-state index in [1.165, 1.54) is 0 Å². The van der Waals surface area contributed by atoms with Crippen molar-refractivity contribution in [3.05, 3.63) is 21.9 Å². The molecule has 0 bridgehead atoms. The summed E-state index contributed by atoms with van der Waals surface area (Å²) in [6.07, 6.45) is 0. The van der Waals surface area contributed by atoms with Crippen molar-refractivity contribution >= 4 is 29.1 Å². The van der Waals surface area contributed by atoms with Crippen LogP contribution in [0.3, 0.4) is 0 Å². The van der Waals surface area contributed by atoms with Gasteiger partial charge in [0.15, 0.2) is 0 Å². The van der Waals surface area contributed by atoms with Crippen LogP contribution >= 0.6 is 23.2 Å². The Kier molecular flexibility index (Phi) is 3.66. The van der Waals surface area contributed by atoms with Crippen molar-refractivity contribution in [3.8, 4) is 0 Å². The van der Waals surface area contributed by atoms with Gasteiger partial charge >= 0.3 is 0 Å². The summed E-state index contributed by atoms with van der Waals surface area (Å²) < 4.78 is 0. The van der Waals surface area contributed by atoms with Crippen molar-refractivity contribution in [1.82, 2.24) is 15.2 Å². The van der Waals surface area contributed by atoms with Gasteiger partial charge in [-0.05, 0) is 19.9 Å². The minimum atomic E-state index is -0.0559. The first-order valence-corrected chi connectivity index (χ1v) is 6.33. The van der Waals surface area contributed by atoms with Gasteiger partial charge in [0.1, 0.15) is 10.8 Å². The lowest BCUT2D eigenvalue weighted by Gasteiger charge is -2.37. The molecule has 6 heteroatoms. The van der Waals surface area contributed by atoms with Crippen LogP contribution in [0.4, 0.5) is 0 Å². The predicted octanol–water partition coefficient (Wildman–Crippen LogP) is 2.14. The van der Waals surface area contributed by atoms with Gasteiger partial charge in [0, 0.05) is 25.2 Å². The van der Waals surface area contributed by atoms with Gasteiger partial charge in [0.25, 0.3) is 5.91 Å². The molecular formula is C11H15Cl2N3O. The van der Waals surface area contributed by atoms with Crippen LogP contribution in [0.5, 0.6) is 0 Å². The average Bonchev–Trinajstić information content (AvgIpc) is 2.62. The Balaban J connectivity index is 2.18. The maximum absolute atomic E-state index is 12.3. The van der Waals surface area contributed by atoms with Crippen LogP contribution in [-0.4, -0.2) is 41.0 Å². The van der Waals surface area contributed by atoms with Crippen molar-refractivity contribution in [2.75, 3.05) is 13.1 Å². The number of hydrogen-bond donors (Lipinski definition) is 2. The molecule has 2 heterocycles. The molecule has 2 N–H and O–H groups in total. The second-order valence-electron chi connectivity index (χ2n) is 4.46. The lowest BCUT2D eigenvalue weighted by atomic mass is 10.1. The zero-order valence-electron chi connectivity index (χ0n) is 9.76. The summed E-state index contributed by atoms with van der Waals surface area (Å²) >= 11 is 11.6. The van der Waals surface area contributed by atoms with E-state index < -0.39 is 0 Å². The molecule has 0 spiro atoms. The highest BCUT2D eigenvalue weighted by Gasteiger charge is 2.28. The van der Waals surface area contributed by atoms with Gasteiger partial charge in [-0.1, -0.05) is 23.2 Å². The standard InChI is InChI=1S/C11H15Cl2N3O/c1-6-5-16(7(2)4-14-6)11(17)9-3-8(12)10(13)15-9/h3,6-7,14-15H,4-5H2,1-2H3. The van der Waals surface area contributed by atoms with Crippen LogP contribution in [0.1, 0.15) is 24.3 Å². The minimum Gasteiger partial charge on any atom is -0.340 e. The molecule has 1 aliphatic heterocycles. The Hall–Kier alpha value is -0.710. The van der Waals surface area contributed by atoms with E-state index in [9.17, 15) is 4.79 Å². The monoisotopic (exact) mass is 275 g/mol. The number of hydrogen-bond acceptors (Lipinski definition) is 2. The molecule has 2 rings (SSSR count). The number of nitrogens with zero attached hydrogens (tertiary/aromatic N) is 1. The van der Waals surface area contributed by atoms with Crippen molar-refractivity contribution in [3.63, 3.8) is 0 Å². The average molecular weight is 276 g/mol. The van der Waals surface area contributed by atoms with E-state index in [2.05, 4.69) is 17.2 Å². The number of piperazine rings is 1. The quantitative estimate of drug-likeness (QED) is 0.825. The van der Waals surface area contributed by atoms with Gasteiger partial charge in [-0.25, -0.2) is 0 Å². The molecule has 1 amide bonds. The molecule has 1 fully saturated rings. The fourth-order valence-electron chi connectivity index (χ4n) is 1.98. The summed E-state index contributed by atoms with van der Waals surface area (Å²) in [5, 5.41) is 4.02. The smallest absolute Gasteiger partial charge is 0.270 e. The van der Waals surface area contributed by atoms with E-state index in [0.717, 1.165) is 6.54 Å². The van der Waals surface area contributed by atoms with E-state index in [-0.39, 0.29) is 11.9 Å². The molecule has 17 heavy (non-hydrogen) atoms. The van der Waals surface area contributed by atoms with Crippen LogP contribution in [0.25, 0.3) is 0 Å². The lowest BCUT2D eigenvalue weighted by Crippen LogP contribution is -2.56. The first-order valence-electron chi connectivity index (χ1n) is 5.57. The molecule has 1 aliphatic rings. The zero-order chi connectivity index (χ0) is 12.6. The molecule has 0 aromatic carbocycles. The summed E-state index contributed by atoms with van der Waals surface area (Å²) in [4.78, 5) is 16.9. The van der Waals surface area contributed by atoms with Crippen molar-refractivity contribution < 1.29 is 4.79 Å². The van der Waals surface area contributed by atoms with Gasteiger partial charge in [-0.3, -0.25) is 4.79 Å². The zero-order valence-corrected chi connectivity index (χ0v) is 11.3. The number of nitrogens with one attached hydrogen (secondary N) is 2. The second-order valence-corrected chi connectivity index (χ2v) is 5.25. The number of rotatable bonds is 1. The Morgan fingerprint density at radius 1 is 1.47 bits per heavy atom. The van der Waals surface area contributed by atoms with Crippen LogP contribution in [0.15, 0.2) is 6.07 Å². The molecule has 2 atom stereocenters. The van der Waals surface area contributed by atoms with Crippen molar-refractivity contribution in [2.24, 2.45) is 0 Å². The number of H-pyrrole nitrogens is 1. The SMILES string of the molecule is CC1CN(C(=O)c2cc(Cl)c(Cl)[nH]2)C(C)CN1. The Morgan fingerprint density at radius 2 is 2.18 bits per heavy atom. The van der Waals surface area contributed by atoms with Crippen LogP contribution in [-0.2, 0) is 0 Å². The molecule has 1 aromatic heterocycles. The molecule has 1 aromatic rings. The molecule has 94 valence electrons. The summed E-state index contributed by atoms with van der Waals surface area (Å²) in [5.41, 5.74) is 0.445. The van der Waals surface area contributed by atoms with E-state index in [1.54, 1.807) is 6.07 Å². The third-order valence-corrected chi connectivity index (χ3v) is 3.67. The predicted molar refractivity (Wildman–Crippen MR) is 68.8 cm³/mol. The number of carbonyl (C=O) groups is 1. The number of aromatic nitrogens is 1.